The molecule has 1 amide bonds. The summed E-state index contributed by atoms with van der Waals surface area (Å²) >= 11 is 0. The van der Waals surface area contributed by atoms with Crippen molar-refractivity contribution < 1.29 is 13.2 Å². The molecule has 1 aliphatic carbocycles. The first-order valence-electron chi connectivity index (χ1n) is 8.90. The Bertz CT molecular complexity index is 963. The Labute approximate surface area is 154 Å². The Morgan fingerprint density at radius 1 is 1.12 bits per heavy atom. The van der Waals surface area contributed by atoms with Crippen molar-refractivity contribution >= 4 is 27.3 Å². The Morgan fingerprint density at radius 2 is 1.81 bits per heavy atom. The van der Waals surface area contributed by atoms with Gasteiger partial charge in [-0.05, 0) is 69.0 Å². The number of fused-ring (bicyclic) bond motifs is 1. The number of sulfonamides is 1. The third-order valence-corrected chi connectivity index (χ3v) is 6.42. The van der Waals surface area contributed by atoms with Gasteiger partial charge in [-0.25, -0.2) is 8.42 Å². The van der Waals surface area contributed by atoms with E-state index in [1.54, 1.807) is 30.3 Å². The quantitative estimate of drug-likeness (QED) is 0.896. The molecule has 26 heavy (non-hydrogen) atoms. The van der Waals surface area contributed by atoms with Gasteiger partial charge < -0.3 is 4.90 Å². The topological polar surface area (TPSA) is 66.5 Å². The zero-order valence-corrected chi connectivity index (χ0v) is 15.7. The molecule has 5 nitrogen and oxygen atoms in total. The van der Waals surface area contributed by atoms with E-state index < -0.39 is 10.0 Å². The second-order valence-corrected chi connectivity index (χ2v) is 8.98. The minimum absolute atomic E-state index is 0.0705. The first-order valence-corrected chi connectivity index (χ1v) is 10.4. The molecule has 1 unspecified atom stereocenters. The summed E-state index contributed by atoms with van der Waals surface area (Å²) in [6, 6.07) is 12.3. The Kier molecular flexibility index (Phi) is 4.03. The van der Waals surface area contributed by atoms with Crippen LogP contribution in [-0.2, 0) is 21.2 Å². The van der Waals surface area contributed by atoms with Gasteiger partial charge in [0.1, 0.15) is 0 Å². The highest BCUT2D eigenvalue weighted by molar-refractivity contribution is 7.92. The summed E-state index contributed by atoms with van der Waals surface area (Å²) < 4.78 is 28.0. The average molecular weight is 370 g/mol. The van der Waals surface area contributed by atoms with Crippen molar-refractivity contribution in [2.45, 2.75) is 44.0 Å². The summed E-state index contributed by atoms with van der Waals surface area (Å²) in [5.74, 6) is 0.319. The first-order chi connectivity index (χ1) is 12.3. The molecule has 1 saturated carbocycles. The molecule has 2 aliphatic rings. The van der Waals surface area contributed by atoms with Crippen LogP contribution >= 0.6 is 0 Å². The zero-order valence-electron chi connectivity index (χ0n) is 14.9. The molecule has 0 saturated heterocycles. The van der Waals surface area contributed by atoms with E-state index in [9.17, 15) is 13.2 Å². The van der Waals surface area contributed by atoms with Gasteiger partial charge in [0, 0.05) is 23.3 Å². The molecule has 1 N–H and O–H groups in total. The van der Waals surface area contributed by atoms with Gasteiger partial charge in [0.25, 0.3) is 10.0 Å². The Balaban J connectivity index is 1.62. The van der Waals surface area contributed by atoms with Crippen molar-refractivity contribution in [3.8, 4) is 0 Å². The maximum Gasteiger partial charge on any atom is 0.261 e. The molecule has 4 rings (SSSR count). The van der Waals surface area contributed by atoms with Gasteiger partial charge in [-0.15, -0.1) is 0 Å². The van der Waals surface area contributed by atoms with Gasteiger partial charge in [0.05, 0.1) is 4.90 Å². The van der Waals surface area contributed by atoms with Crippen molar-refractivity contribution in [1.82, 2.24) is 0 Å². The number of hydrogen-bond donors (Lipinski definition) is 1. The van der Waals surface area contributed by atoms with Crippen LogP contribution in [0.15, 0.2) is 47.4 Å². The monoisotopic (exact) mass is 370 g/mol. The van der Waals surface area contributed by atoms with Gasteiger partial charge in [0.2, 0.25) is 5.91 Å². The molecule has 0 spiro atoms. The molecule has 2 aromatic rings. The van der Waals surface area contributed by atoms with E-state index in [1.807, 2.05) is 30.9 Å². The molecular formula is C20H22N2O3S. The lowest BCUT2D eigenvalue weighted by atomic mass is 10.1. The number of benzene rings is 2. The number of nitrogens with zero attached hydrogens (tertiary/aromatic N) is 1. The molecule has 0 aromatic heterocycles. The number of amides is 1. The van der Waals surface area contributed by atoms with E-state index in [2.05, 4.69) is 4.72 Å². The van der Waals surface area contributed by atoms with Crippen LogP contribution in [0.3, 0.4) is 0 Å². The van der Waals surface area contributed by atoms with Crippen LogP contribution in [0, 0.1) is 12.8 Å². The summed E-state index contributed by atoms with van der Waals surface area (Å²) in [6.07, 6.45) is 2.61. The van der Waals surface area contributed by atoms with E-state index in [-0.39, 0.29) is 22.8 Å². The SMILES string of the molecule is Cc1ccc(NS(=O)(=O)c2ccc3c(c2)CC(C)N3C(=O)C2CC2)cc1. The van der Waals surface area contributed by atoms with Crippen LogP contribution in [0.5, 0.6) is 0 Å². The molecule has 6 heteroatoms. The zero-order chi connectivity index (χ0) is 18.5. The van der Waals surface area contributed by atoms with E-state index in [4.69, 9.17) is 0 Å². The van der Waals surface area contributed by atoms with E-state index >= 15 is 0 Å². The summed E-state index contributed by atoms with van der Waals surface area (Å²) in [5, 5.41) is 0. The molecule has 1 fully saturated rings. The molecule has 0 radical (unpaired) electrons. The normalized spacial score (nSPS) is 19.3. The van der Waals surface area contributed by atoms with Crippen LogP contribution in [0.2, 0.25) is 0 Å². The average Bonchev–Trinajstić information content (AvgIpc) is 3.38. The number of carbonyl (C=O) groups is 1. The fraction of sp³-hybridized carbons (Fsp3) is 0.350. The lowest BCUT2D eigenvalue weighted by Crippen LogP contribution is -2.36. The predicted octanol–water partition coefficient (Wildman–Crippen LogP) is 3.48. The minimum atomic E-state index is -3.66. The van der Waals surface area contributed by atoms with Crippen LogP contribution in [0.25, 0.3) is 0 Å². The van der Waals surface area contributed by atoms with Crippen LogP contribution < -0.4 is 9.62 Å². The summed E-state index contributed by atoms with van der Waals surface area (Å²) in [5.41, 5.74) is 3.37. The van der Waals surface area contributed by atoms with Crippen LogP contribution in [-0.4, -0.2) is 20.4 Å². The van der Waals surface area contributed by atoms with Gasteiger partial charge in [-0.2, -0.15) is 0 Å². The lowest BCUT2D eigenvalue weighted by Gasteiger charge is -2.22. The smallest absolute Gasteiger partial charge is 0.261 e. The number of rotatable bonds is 4. The lowest BCUT2D eigenvalue weighted by molar-refractivity contribution is -0.120. The van der Waals surface area contributed by atoms with E-state index in [0.717, 1.165) is 29.7 Å². The van der Waals surface area contributed by atoms with Gasteiger partial charge >= 0.3 is 0 Å². The van der Waals surface area contributed by atoms with Crippen LogP contribution in [0.1, 0.15) is 30.9 Å². The van der Waals surface area contributed by atoms with Crippen molar-refractivity contribution in [2.24, 2.45) is 5.92 Å². The van der Waals surface area contributed by atoms with Gasteiger partial charge in [-0.1, -0.05) is 17.7 Å². The number of nitrogens with one attached hydrogen (secondary N) is 1. The summed E-state index contributed by atoms with van der Waals surface area (Å²) in [4.78, 5) is 14.6. The molecule has 1 atom stereocenters. The second-order valence-electron chi connectivity index (χ2n) is 7.30. The maximum atomic E-state index is 12.7. The van der Waals surface area contributed by atoms with Crippen molar-refractivity contribution in [2.75, 3.05) is 9.62 Å². The largest absolute Gasteiger partial charge is 0.309 e. The fourth-order valence-electron chi connectivity index (χ4n) is 3.47. The third kappa shape index (κ3) is 3.09. The highest BCUT2D eigenvalue weighted by atomic mass is 32.2. The van der Waals surface area contributed by atoms with Crippen molar-refractivity contribution in [1.29, 1.82) is 0 Å². The first kappa shape index (κ1) is 17.1. The number of hydrogen-bond acceptors (Lipinski definition) is 3. The molecule has 2 aromatic carbocycles. The van der Waals surface area contributed by atoms with E-state index in [1.165, 1.54) is 0 Å². The molecule has 136 valence electrons. The highest BCUT2D eigenvalue weighted by Crippen LogP contribution is 2.39. The van der Waals surface area contributed by atoms with Crippen molar-refractivity contribution in [3.05, 3.63) is 53.6 Å². The standard InChI is InChI=1S/C20H22N2O3S/c1-13-3-7-17(8-4-13)21-26(24,25)18-9-10-19-16(12-18)11-14(2)22(19)20(23)15-5-6-15/h3-4,7-10,12,14-15,21H,5-6,11H2,1-2H3. The number of anilines is 2. The number of carbonyl (C=O) groups excluding carboxylic acids is 1. The number of aryl methyl sites for hydroxylation is 1. The third-order valence-electron chi connectivity index (χ3n) is 5.04. The van der Waals surface area contributed by atoms with Crippen molar-refractivity contribution in [3.63, 3.8) is 0 Å². The Morgan fingerprint density at radius 3 is 2.46 bits per heavy atom. The summed E-state index contributed by atoms with van der Waals surface area (Å²) in [6.45, 7) is 3.97. The Hall–Kier alpha value is -2.34. The predicted molar refractivity (Wildman–Crippen MR) is 102 cm³/mol. The molecular weight excluding hydrogens is 348 g/mol. The van der Waals surface area contributed by atoms with Gasteiger partial charge in [0.15, 0.2) is 0 Å². The fourth-order valence-corrected chi connectivity index (χ4v) is 4.58. The summed E-state index contributed by atoms with van der Waals surface area (Å²) in [7, 11) is -3.66. The van der Waals surface area contributed by atoms with E-state index in [0.29, 0.717) is 12.1 Å². The maximum absolute atomic E-state index is 12.7. The minimum Gasteiger partial charge on any atom is -0.309 e. The van der Waals surface area contributed by atoms with Crippen LogP contribution in [0.4, 0.5) is 11.4 Å². The molecule has 0 bridgehead atoms. The molecule has 1 heterocycles. The van der Waals surface area contributed by atoms with Gasteiger partial charge in [-0.3, -0.25) is 9.52 Å². The molecule has 1 aliphatic heterocycles. The highest BCUT2D eigenvalue weighted by Gasteiger charge is 2.39. The second kappa shape index (κ2) is 6.13.